The standard InChI is InChI=1S/C15H29N3S/c1-6-8-16-11-15(4,7-2)12-18(5)9-14-10-19-13(3)17-14/h10,16H,6-9,11-12H2,1-5H3. The van der Waals surface area contributed by atoms with E-state index in [-0.39, 0.29) is 0 Å². The molecule has 1 heterocycles. The second-order valence-corrected chi connectivity index (χ2v) is 6.93. The minimum atomic E-state index is 0.342. The molecule has 0 spiro atoms. The SMILES string of the molecule is CCCNCC(C)(CC)CN(C)Cc1csc(C)n1. The van der Waals surface area contributed by atoms with Crippen LogP contribution in [0.4, 0.5) is 0 Å². The molecule has 19 heavy (non-hydrogen) atoms. The van der Waals surface area contributed by atoms with E-state index < -0.39 is 0 Å². The fourth-order valence-electron chi connectivity index (χ4n) is 2.32. The molecule has 0 aliphatic carbocycles. The van der Waals surface area contributed by atoms with E-state index in [2.05, 4.69) is 55.3 Å². The summed E-state index contributed by atoms with van der Waals surface area (Å²) in [4.78, 5) is 6.94. The molecule has 0 fully saturated rings. The molecule has 1 aromatic heterocycles. The van der Waals surface area contributed by atoms with Gasteiger partial charge in [-0.3, -0.25) is 4.90 Å². The summed E-state index contributed by atoms with van der Waals surface area (Å²) in [5.41, 5.74) is 1.54. The topological polar surface area (TPSA) is 28.2 Å². The molecule has 0 aromatic carbocycles. The first-order valence-corrected chi connectivity index (χ1v) is 8.17. The summed E-state index contributed by atoms with van der Waals surface area (Å²) in [6, 6.07) is 0. The maximum absolute atomic E-state index is 4.54. The molecule has 0 saturated heterocycles. The van der Waals surface area contributed by atoms with Gasteiger partial charge in [0.1, 0.15) is 0 Å². The number of thiazole rings is 1. The fraction of sp³-hybridized carbons (Fsp3) is 0.800. The Hall–Kier alpha value is -0.450. The van der Waals surface area contributed by atoms with Crippen molar-refractivity contribution >= 4 is 11.3 Å². The third kappa shape index (κ3) is 6.02. The quantitative estimate of drug-likeness (QED) is 0.705. The van der Waals surface area contributed by atoms with Crippen LogP contribution in [0.15, 0.2) is 5.38 Å². The maximum Gasteiger partial charge on any atom is 0.0897 e. The van der Waals surface area contributed by atoms with Crippen LogP contribution < -0.4 is 5.32 Å². The van der Waals surface area contributed by atoms with Crippen LogP contribution in [0.2, 0.25) is 0 Å². The molecule has 1 rings (SSSR count). The van der Waals surface area contributed by atoms with E-state index in [1.165, 1.54) is 18.5 Å². The van der Waals surface area contributed by atoms with Gasteiger partial charge in [0.25, 0.3) is 0 Å². The van der Waals surface area contributed by atoms with Gasteiger partial charge in [0.2, 0.25) is 0 Å². The van der Waals surface area contributed by atoms with Crippen molar-refractivity contribution in [1.82, 2.24) is 15.2 Å². The molecule has 0 aliphatic heterocycles. The number of nitrogens with one attached hydrogen (secondary N) is 1. The summed E-state index contributed by atoms with van der Waals surface area (Å²) >= 11 is 1.74. The molecule has 1 unspecified atom stereocenters. The van der Waals surface area contributed by atoms with Gasteiger partial charge in [-0.25, -0.2) is 4.98 Å². The molecular formula is C15H29N3S. The zero-order valence-electron chi connectivity index (χ0n) is 13.1. The van der Waals surface area contributed by atoms with E-state index in [4.69, 9.17) is 0 Å². The minimum absolute atomic E-state index is 0.342. The first-order chi connectivity index (χ1) is 8.99. The first-order valence-electron chi connectivity index (χ1n) is 7.29. The van der Waals surface area contributed by atoms with Crippen molar-refractivity contribution in [2.24, 2.45) is 5.41 Å². The summed E-state index contributed by atoms with van der Waals surface area (Å²) in [5.74, 6) is 0. The second-order valence-electron chi connectivity index (χ2n) is 5.87. The third-order valence-corrected chi connectivity index (χ3v) is 4.40. The van der Waals surface area contributed by atoms with Gasteiger partial charge in [0.05, 0.1) is 10.7 Å². The summed E-state index contributed by atoms with van der Waals surface area (Å²) in [6.45, 7) is 13.2. The van der Waals surface area contributed by atoms with Crippen LogP contribution in [0, 0.1) is 12.3 Å². The molecule has 0 amide bonds. The van der Waals surface area contributed by atoms with Gasteiger partial charge in [-0.05, 0) is 38.8 Å². The van der Waals surface area contributed by atoms with Gasteiger partial charge in [-0.2, -0.15) is 0 Å². The summed E-state index contributed by atoms with van der Waals surface area (Å²) in [5, 5.41) is 6.89. The monoisotopic (exact) mass is 283 g/mol. The summed E-state index contributed by atoms with van der Waals surface area (Å²) in [7, 11) is 2.20. The van der Waals surface area contributed by atoms with Gasteiger partial charge in [-0.15, -0.1) is 11.3 Å². The predicted octanol–water partition coefficient (Wildman–Crippen LogP) is 3.30. The van der Waals surface area contributed by atoms with Crippen molar-refractivity contribution in [1.29, 1.82) is 0 Å². The van der Waals surface area contributed by atoms with E-state index in [9.17, 15) is 0 Å². The van der Waals surface area contributed by atoms with Gasteiger partial charge in [0.15, 0.2) is 0 Å². The summed E-state index contributed by atoms with van der Waals surface area (Å²) < 4.78 is 0. The van der Waals surface area contributed by atoms with Crippen LogP contribution in [-0.4, -0.2) is 36.6 Å². The number of rotatable bonds is 9. The Morgan fingerprint density at radius 1 is 1.42 bits per heavy atom. The molecule has 0 bridgehead atoms. The van der Waals surface area contributed by atoms with Crippen LogP contribution >= 0.6 is 11.3 Å². The highest BCUT2D eigenvalue weighted by molar-refractivity contribution is 7.09. The van der Waals surface area contributed by atoms with E-state index in [1.807, 2.05) is 0 Å². The van der Waals surface area contributed by atoms with Gasteiger partial charge >= 0.3 is 0 Å². The predicted molar refractivity (Wildman–Crippen MR) is 84.7 cm³/mol. The molecule has 0 saturated carbocycles. The van der Waals surface area contributed by atoms with E-state index in [0.717, 1.165) is 31.2 Å². The van der Waals surface area contributed by atoms with Crippen molar-refractivity contribution < 1.29 is 0 Å². The zero-order chi connectivity index (χ0) is 14.3. The molecular weight excluding hydrogens is 254 g/mol. The molecule has 1 atom stereocenters. The lowest BCUT2D eigenvalue weighted by atomic mass is 9.86. The van der Waals surface area contributed by atoms with Crippen molar-refractivity contribution in [3.8, 4) is 0 Å². The van der Waals surface area contributed by atoms with Gasteiger partial charge < -0.3 is 5.32 Å². The average Bonchev–Trinajstić information content (AvgIpc) is 2.74. The normalized spacial score (nSPS) is 14.8. The lowest BCUT2D eigenvalue weighted by molar-refractivity contribution is 0.174. The number of hydrogen-bond acceptors (Lipinski definition) is 4. The van der Waals surface area contributed by atoms with Crippen LogP contribution in [0.3, 0.4) is 0 Å². The molecule has 0 radical (unpaired) electrons. The van der Waals surface area contributed by atoms with E-state index in [1.54, 1.807) is 11.3 Å². The van der Waals surface area contributed by atoms with Crippen molar-refractivity contribution in [2.45, 2.75) is 47.1 Å². The Morgan fingerprint density at radius 3 is 2.68 bits per heavy atom. The highest BCUT2D eigenvalue weighted by Gasteiger charge is 2.23. The molecule has 1 N–H and O–H groups in total. The Bertz CT molecular complexity index is 364. The molecule has 1 aromatic rings. The Morgan fingerprint density at radius 2 is 2.16 bits per heavy atom. The van der Waals surface area contributed by atoms with Crippen molar-refractivity contribution in [3.05, 3.63) is 16.1 Å². The number of nitrogens with zero attached hydrogens (tertiary/aromatic N) is 2. The number of hydrogen-bond donors (Lipinski definition) is 1. The average molecular weight is 283 g/mol. The third-order valence-electron chi connectivity index (χ3n) is 3.58. The van der Waals surface area contributed by atoms with Crippen LogP contribution in [0.5, 0.6) is 0 Å². The highest BCUT2D eigenvalue weighted by Crippen LogP contribution is 2.22. The first kappa shape index (κ1) is 16.6. The zero-order valence-corrected chi connectivity index (χ0v) is 13.9. The smallest absolute Gasteiger partial charge is 0.0897 e. The molecule has 0 aliphatic rings. The van der Waals surface area contributed by atoms with E-state index in [0.29, 0.717) is 5.41 Å². The Balaban J connectivity index is 2.45. The van der Waals surface area contributed by atoms with Crippen LogP contribution in [-0.2, 0) is 6.54 Å². The van der Waals surface area contributed by atoms with Crippen molar-refractivity contribution in [2.75, 3.05) is 26.7 Å². The lowest BCUT2D eigenvalue weighted by Gasteiger charge is -2.33. The molecule has 4 heteroatoms. The fourth-order valence-corrected chi connectivity index (χ4v) is 2.93. The van der Waals surface area contributed by atoms with Crippen LogP contribution in [0.25, 0.3) is 0 Å². The Kier molecular flexibility index (Phi) is 6.97. The highest BCUT2D eigenvalue weighted by atomic mass is 32.1. The van der Waals surface area contributed by atoms with Crippen LogP contribution in [0.1, 0.15) is 44.3 Å². The summed E-state index contributed by atoms with van der Waals surface area (Å²) in [6.07, 6.45) is 2.40. The lowest BCUT2D eigenvalue weighted by Crippen LogP contribution is -2.40. The Labute approximate surface area is 122 Å². The molecule has 110 valence electrons. The molecule has 3 nitrogen and oxygen atoms in total. The minimum Gasteiger partial charge on any atom is -0.316 e. The van der Waals surface area contributed by atoms with E-state index >= 15 is 0 Å². The van der Waals surface area contributed by atoms with Gasteiger partial charge in [-0.1, -0.05) is 20.8 Å². The number of aromatic nitrogens is 1. The second kappa shape index (κ2) is 7.98. The number of aryl methyl sites for hydroxylation is 1. The van der Waals surface area contributed by atoms with Crippen molar-refractivity contribution in [3.63, 3.8) is 0 Å². The van der Waals surface area contributed by atoms with Gasteiger partial charge in [0, 0.05) is 25.0 Å². The largest absolute Gasteiger partial charge is 0.316 e. The maximum atomic E-state index is 4.54.